The van der Waals surface area contributed by atoms with Crippen LogP contribution in [0.15, 0.2) is 77.7 Å². The summed E-state index contributed by atoms with van der Waals surface area (Å²) in [7, 11) is -4.19. The lowest BCUT2D eigenvalue weighted by Crippen LogP contribution is -2.45. The minimum absolute atomic E-state index is 0.00245. The van der Waals surface area contributed by atoms with Gasteiger partial charge in [-0.3, -0.25) is 9.59 Å². The third-order valence-corrected chi connectivity index (χ3v) is 8.26. The number of carbonyl (C=O) groups excluding carboxylic acids is 3. The molecule has 0 N–H and O–H groups in total. The molecule has 2 amide bonds. The van der Waals surface area contributed by atoms with E-state index in [1.165, 1.54) is 36.4 Å². The van der Waals surface area contributed by atoms with Crippen molar-refractivity contribution in [1.29, 1.82) is 0 Å². The minimum atomic E-state index is -4.19. The Morgan fingerprint density at radius 3 is 2.30 bits per heavy atom. The number of hydrogen-bond donors (Lipinski definition) is 0. The molecule has 0 spiro atoms. The van der Waals surface area contributed by atoms with E-state index in [-0.39, 0.29) is 35.7 Å². The predicted octanol–water partition coefficient (Wildman–Crippen LogP) is 4.35. The fraction of sp³-hybridized carbons (Fsp3) is 0.222. The van der Waals surface area contributed by atoms with Gasteiger partial charge in [0, 0.05) is 11.6 Å². The third kappa shape index (κ3) is 5.44. The number of sulfonamides is 1. The van der Waals surface area contributed by atoms with Crippen molar-refractivity contribution >= 4 is 45.1 Å². The first-order valence-electron chi connectivity index (χ1n) is 11.6. The largest absolute Gasteiger partial charge is 0.462 e. The summed E-state index contributed by atoms with van der Waals surface area (Å²) in [6.45, 7) is 3.53. The predicted molar refractivity (Wildman–Crippen MR) is 139 cm³/mol. The number of aryl methyl sites for hydroxylation is 1. The smallest absolute Gasteiger partial charge is 0.338 e. The zero-order valence-corrected chi connectivity index (χ0v) is 21.8. The Labute approximate surface area is 220 Å². The van der Waals surface area contributed by atoms with Crippen LogP contribution in [0.5, 0.6) is 0 Å². The lowest BCUT2D eigenvalue weighted by molar-refractivity contribution is -0.122. The molecular weight excluding hydrogens is 516 g/mol. The van der Waals surface area contributed by atoms with Crippen molar-refractivity contribution in [3.8, 4) is 0 Å². The van der Waals surface area contributed by atoms with Crippen LogP contribution in [-0.2, 0) is 30.9 Å². The number of halogens is 1. The molecule has 1 aliphatic rings. The topological polar surface area (TPSA) is 101 Å². The second kappa shape index (κ2) is 10.8. The molecule has 4 rings (SSSR count). The van der Waals surface area contributed by atoms with E-state index in [4.69, 9.17) is 16.3 Å². The van der Waals surface area contributed by atoms with E-state index in [1.807, 2.05) is 6.92 Å². The van der Waals surface area contributed by atoms with Gasteiger partial charge in [0.15, 0.2) is 0 Å². The van der Waals surface area contributed by atoms with Crippen molar-refractivity contribution in [2.75, 3.05) is 11.5 Å². The Kier molecular flexibility index (Phi) is 7.77. The SMILES string of the molecule is CCOC(=O)c1ccc(N2C(=O)CC(N(Cc3ccccc3Cl)S(=O)(=O)c3ccc(C)cc3)C2=O)cc1. The van der Waals surface area contributed by atoms with Crippen LogP contribution in [0.3, 0.4) is 0 Å². The molecule has 1 aliphatic heterocycles. The summed E-state index contributed by atoms with van der Waals surface area (Å²) in [5.74, 6) is -1.76. The average Bonchev–Trinajstić information content (AvgIpc) is 3.17. The Morgan fingerprint density at radius 1 is 1.03 bits per heavy atom. The van der Waals surface area contributed by atoms with Gasteiger partial charge in [-0.05, 0) is 61.9 Å². The molecule has 37 heavy (non-hydrogen) atoms. The number of rotatable bonds is 8. The Morgan fingerprint density at radius 2 is 1.68 bits per heavy atom. The van der Waals surface area contributed by atoms with Crippen LogP contribution in [0.25, 0.3) is 0 Å². The van der Waals surface area contributed by atoms with E-state index in [1.54, 1.807) is 43.3 Å². The number of hydrogen-bond acceptors (Lipinski definition) is 6. The third-order valence-electron chi connectivity index (χ3n) is 6.02. The van der Waals surface area contributed by atoms with E-state index in [0.717, 1.165) is 14.8 Å². The van der Waals surface area contributed by atoms with Crippen LogP contribution in [-0.4, -0.2) is 43.2 Å². The van der Waals surface area contributed by atoms with Gasteiger partial charge in [0.05, 0.1) is 29.2 Å². The number of esters is 1. The molecule has 10 heteroatoms. The van der Waals surface area contributed by atoms with Crippen molar-refractivity contribution in [2.24, 2.45) is 0 Å². The summed E-state index contributed by atoms with van der Waals surface area (Å²) in [5, 5.41) is 0.342. The first-order chi connectivity index (χ1) is 17.6. The average molecular weight is 541 g/mol. The van der Waals surface area contributed by atoms with E-state index < -0.39 is 33.8 Å². The number of anilines is 1. The highest BCUT2D eigenvalue weighted by atomic mass is 35.5. The zero-order chi connectivity index (χ0) is 26.7. The van der Waals surface area contributed by atoms with E-state index >= 15 is 0 Å². The molecule has 0 aliphatic carbocycles. The second-order valence-electron chi connectivity index (χ2n) is 8.51. The van der Waals surface area contributed by atoms with Crippen molar-refractivity contribution in [3.05, 3.63) is 94.5 Å². The molecule has 0 bridgehead atoms. The molecule has 0 aromatic heterocycles. The van der Waals surface area contributed by atoms with Gasteiger partial charge in [-0.2, -0.15) is 4.31 Å². The fourth-order valence-electron chi connectivity index (χ4n) is 4.08. The van der Waals surface area contributed by atoms with Gasteiger partial charge < -0.3 is 4.74 Å². The number of ether oxygens (including phenoxy) is 1. The number of carbonyl (C=O) groups is 3. The Hall–Kier alpha value is -3.53. The normalized spacial score (nSPS) is 15.9. The Bertz CT molecular complexity index is 1440. The summed E-state index contributed by atoms with van der Waals surface area (Å²) < 4.78 is 33.5. The second-order valence-corrected chi connectivity index (χ2v) is 10.8. The highest BCUT2D eigenvalue weighted by Crippen LogP contribution is 2.32. The van der Waals surface area contributed by atoms with E-state index in [0.29, 0.717) is 10.6 Å². The summed E-state index contributed by atoms with van der Waals surface area (Å²) in [6.07, 6.45) is -0.339. The van der Waals surface area contributed by atoms with Gasteiger partial charge in [-0.1, -0.05) is 47.5 Å². The van der Waals surface area contributed by atoms with Crippen molar-refractivity contribution in [3.63, 3.8) is 0 Å². The molecule has 1 unspecified atom stereocenters. The van der Waals surface area contributed by atoms with Crippen molar-refractivity contribution in [2.45, 2.75) is 37.8 Å². The molecule has 3 aromatic rings. The van der Waals surface area contributed by atoms with Gasteiger partial charge in [0.25, 0.3) is 5.91 Å². The standard InChI is InChI=1S/C27H25ClN2O6S/c1-3-36-27(33)19-10-12-21(13-11-19)30-25(31)16-24(26(30)32)29(17-20-6-4-5-7-23(20)28)37(34,35)22-14-8-18(2)9-15-22/h4-15,24H,3,16-17H2,1-2H3. The maximum absolute atomic E-state index is 13.8. The summed E-state index contributed by atoms with van der Waals surface area (Å²) in [6, 6.07) is 17.5. The quantitative estimate of drug-likeness (QED) is 0.311. The van der Waals surface area contributed by atoms with Crippen LogP contribution in [0.1, 0.15) is 34.8 Å². The number of amides is 2. The van der Waals surface area contributed by atoms with Gasteiger partial charge in [-0.25, -0.2) is 18.1 Å². The highest BCUT2D eigenvalue weighted by molar-refractivity contribution is 7.89. The molecule has 1 saturated heterocycles. The molecule has 192 valence electrons. The summed E-state index contributed by atoms with van der Waals surface area (Å²) in [5.41, 5.74) is 1.87. The molecule has 1 heterocycles. The van der Waals surface area contributed by atoms with Gasteiger partial charge in [0.2, 0.25) is 15.9 Å². The van der Waals surface area contributed by atoms with Gasteiger partial charge >= 0.3 is 5.97 Å². The monoisotopic (exact) mass is 540 g/mol. The first-order valence-corrected chi connectivity index (χ1v) is 13.4. The van der Waals surface area contributed by atoms with Gasteiger partial charge in [-0.15, -0.1) is 0 Å². The van der Waals surface area contributed by atoms with Crippen LogP contribution in [0.4, 0.5) is 5.69 Å². The minimum Gasteiger partial charge on any atom is -0.462 e. The van der Waals surface area contributed by atoms with E-state index in [9.17, 15) is 22.8 Å². The van der Waals surface area contributed by atoms with Gasteiger partial charge in [0.1, 0.15) is 6.04 Å². The highest BCUT2D eigenvalue weighted by Gasteiger charge is 2.47. The number of imide groups is 1. The molecule has 1 fully saturated rings. The molecule has 8 nitrogen and oxygen atoms in total. The number of nitrogens with zero attached hydrogens (tertiary/aromatic N) is 2. The molecule has 0 saturated carbocycles. The van der Waals surface area contributed by atoms with Crippen molar-refractivity contribution < 1.29 is 27.5 Å². The maximum Gasteiger partial charge on any atom is 0.338 e. The Balaban J connectivity index is 1.70. The molecular formula is C27H25ClN2O6S. The van der Waals surface area contributed by atoms with Crippen LogP contribution >= 0.6 is 11.6 Å². The fourth-order valence-corrected chi connectivity index (χ4v) is 5.83. The van der Waals surface area contributed by atoms with Crippen LogP contribution in [0, 0.1) is 6.92 Å². The number of benzene rings is 3. The molecule has 1 atom stereocenters. The van der Waals surface area contributed by atoms with E-state index in [2.05, 4.69) is 0 Å². The lowest BCUT2D eigenvalue weighted by atomic mass is 10.2. The first kappa shape index (κ1) is 26.5. The molecule has 3 aromatic carbocycles. The summed E-state index contributed by atoms with van der Waals surface area (Å²) in [4.78, 5) is 39.5. The van der Waals surface area contributed by atoms with Crippen LogP contribution in [0.2, 0.25) is 5.02 Å². The van der Waals surface area contributed by atoms with Crippen molar-refractivity contribution in [1.82, 2.24) is 4.31 Å². The molecule has 0 radical (unpaired) electrons. The lowest BCUT2D eigenvalue weighted by Gasteiger charge is -2.27. The zero-order valence-electron chi connectivity index (χ0n) is 20.3. The maximum atomic E-state index is 13.8. The summed E-state index contributed by atoms with van der Waals surface area (Å²) >= 11 is 6.32. The van der Waals surface area contributed by atoms with Crippen LogP contribution < -0.4 is 4.90 Å².